The van der Waals surface area contributed by atoms with Crippen LogP contribution >= 0.6 is 0 Å². The fraction of sp³-hybridized carbons (Fsp3) is 0.593. The van der Waals surface area contributed by atoms with Crippen molar-refractivity contribution in [1.82, 2.24) is 10.3 Å². The number of rotatable bonds is 8. The molecule has 1 aromatic heterocycles. The van der Waals surface area contributed by atoms with Crippen molar-refractivity contribution in [1.29, 1.82) is 0 Å². The van der Waals surface area contributed by atoms with Crippen LogP contribution in [0.1, 0.15) is 67.4 Å². The second-order valence-corrected chi connectivity index (χ2v) is 9.72. The van der Waals surface area contributed by atoms with Crippen LogP contribution in [0.15, 0.2) is 18.2 Å². The van der Waals surface area contributed by atoms with Crippen molar-refractivity contribution in [2.45, 2.75) is 63.6 Å². The number of alkyl halides is 1. The second-order valence-electron chi connectivity index (χ2n) is 9.72. The highest BCUT2D eigenvalue weighted by Gasteiger charge is 2.43. The average Bonchev–Trinajstić information content (AvgIpc) is 3.11. The third-order valence-corrected chi connectivity index (χ3v) is 8.10. The highest BCUT2D eigenvalue weighted by Crippen LogP contribution is 2.52. The van der Waals surface area contributed by atoms with Gasteiger partial charge in [0.2, 0.25) is 5.88 Å². The quantitative estimate of drug-likeness (QED) is 0.544. The molecule has 1 aliphatic heterocycles. The lowest BCUT2D eigenvalue weighted by Crippen LogP contribution is -2.35. The molecule has 5 rings (SSSR count). The molecule has 1 aromatic carbocycles. The van der Waals surface area contributed by atoms with E-state index in [2.05, 4.69) is 17.1 Å². The third-order valence-electron chi connectivity index (χ3n) is 8.10. The van der Waals surface area contributed by atoms with Crippen LogP contribution in [0, 0.1) is 17.8 Å². The zero-order valence-corrected chi connectivity index (χ0v) is 20.8. The number of ether oxygens (including phenoxy) is 2. The third kappa shape index (κ3) is 4.73. The Balaban J connectivity index is 0.00000141. The number of hydrogen-bond donors (Lipinski definition) is 2. The summed E-state index contributed by atoms with van der Waals surface area (Å²) in [6.07, 6.45) is 6.09. The fourth-order valence-corrected chi connectivity index (χ4v) is 5.78. The molecule has 1 saturated heterocycles. The molecular formula is C27H36FN3O4. The minimum Gasteiger partial charge on any atom is -0.496 e. The summed E-state index contributed by atoms with van der Waals surface area (Å²) >= 11 is 0. The van der Waals surface area contributed by atoms with Gasteiger partial charge in [0.05, 0.1) is 18.7 Å². The molecule has 5 unspecified atom stereocenters. The predicted octanol–water partition coefficient (Wildman–Crippen LogP) is 4.17. The molecule has 190 valence electrons. The molecule has 3 fully saturated rings. The van der Waals surface area contributed by atoms with Gasteiger partial charge in [-0.05, 0) is 61.7 Å². The number of nitrogens with one attached hydrogen (secondary N) is 1. The van der Waals surface area contributed by atoms with Crippen LogP contribution in [-0.4, -0.2) is 50.2 Å². The summed E-state index contributed by atoms with van der Waals surface area (Å²) in [6, 6.07) is 5.27. The predicted molar refractivity (Wildman–Crippen MR) is 133 cm³/mol. The van der Waals surface area contributed by atoms with Crippen LogP contribution in [0.2, 0.25) is 0 Å². The number of methoxy groups -OCH3 is 1. The lowest BCUT2D eigenvalue weighted by Gasteiger charge is -2.45. The maximum absolute atomic E-state index is 14.2. The first-order valence-corrected chi connectivity index (χ1v) is 12.7. The molecule has 1 amide bonds. The molecule has 7 nitrogen and oxygen atoms in total. The molecule has 0 radical (unpaired) electrons. The Bertz CT molecular complexity index is 1070. The van der Waals surface area contributed by atoms with Crippen LogP contribution < -0.4 is 20.5 Å². The summed E-state index contributed by atoms with van der Waals surface area (Å²) < 4.78 is 25.8. The van der Waals surface area contributed by atoms with E-state index in [-0.39, 0.29) is 6.61 Å². The van der Waals surface area contributed by atoms with Crippen molar-refractivity contribution in [3.05, 3.63) is 29.5 Å². The number of carbonyl (C=O) groups excluding carboxylic acids is 2. The topological polar surface area (TPSA) is 104 Å². The number of halogens is 1. The fourth-order valence-electron chi connectivity index (χ4n) is 5.78. The zero-order chi connectivity index (χ0) is 25.1. The highest BCUT2D eigenvalue weighted by molar-refractivity contribution is 5.95. The molecule has 2 heterocycles. The summed E-state index contributed by atoms with van der Waals surface area (Å²) in [5, 5.41) is 4.35. The van der Waals surface area contributed by atoms with E-state index in [1.54, 1.807) is 6.07 Å². The van der Waals surface area contributed by atoms with Gasteiger partial charge in [-0.1, -0.05) is 26.2 Å². The molecule has 2 aromatic rings. The number of aldehydes is 1. The number of nitrogens with zero attached hydrogens (tertiary/aromatic N) is 1. The van der Waals surface area contributed by atoms with Gasteiger partial charge in [-0.2, -0.15) is 0 Å². The maximum atomic E-state index is 14.2. The summed E-state index contributed by atoms with van der Waals surface area (Å²) in [4.78, 5) is 28.4. The van der Waals surface area contributed by atoms with Crippen molar-refractivity contribution in [2.75, 3.05) is 20.8 Å². The Morgan fingerprint density at radius 2 is 1.97 bits per heavy atom. The molecule has 2 aliphatic carbocycles. The Hall–Kier alpha value is -2.74. The largest absolute Gasteiger partial charge is 0.496 e. The van der Waals surface area contributed by atoms with Gasteiger partial charge in [0.25, 0.3) is 5.91 Å². The molecular weight excluding hydrogens is 449 g/mol. The zero-order valence-electron chi connectivity index (χ0n) is 20.8. The van der Waals surface area contributed by atoms with E-state index in [1.807, 2.05) is 13.0 Å². The monoisotopic (exact) mass is 485 g/mol. The van der Waals surface area contributed by atoms with Crippen molar-refractivity contribution in [2.24, 2.45) is 23.5 Å². The molecule has 0 spiro atoms. The first kappa shape index (κ1) is 25.4. The number of carbonyl (C=O) groups is 2. The van der Waals surface area contributed by atoms with Crippen LogP contribution in [-0.2, 0) is 4.79 Å². The Labute approximate surface area is 205 Å². The van der Waals surface area contributed by atoms with Gasteiger partial charge >= 0.3 is 0 Å². The lowest BCUT2D eigenvalue weighted by atomic mass is 9.60. The summed E-state index contributed by atoms with van der Waals surface area (Å²) in [5.74, 6) is 1.75. The molecule has 5 atom stereocenters. The number of aromatic nitrogens is 1. The van der Waals surface area contributed by atoms with E-state index in [1.165, 1.54) is 39.8 Å². The number of nitrogens with two attached hydrogens (primary N) is 1. The second kappa shape index (κ2) is 10.9. The smallest absolute Gasteiger partial charge is 0.255 e. The molecule has 2 saturated carbocycles. The van der Waals surface area contributed by atoms with Crippen LogP contribution in [0.3, 0.4) is 0 Å². The molecule has 3 aliphatic rings. The van der Waals surface area contributed by atoms with Gasteiger partial charge in [-0.3, -0.25) is 9.59 Å². The molecule has 0 bridgehead atoms. The first-order valence-electron chi connectivity index (χ1n) is 12.7. The Morgan fingerprint density at radius 3 is 2.54 bits per heavy atom. The lowest BCUT2D eigenvalue weighted by molar-refractivity contribution is -0.123. The van der Waals surface area contributed by atoms with Crippen molar-refractivity contribution < 1.29 is 23.5 Å². The van der Waals surface area contributed by atoms with Crippen molar-refractivity contribution >= 4 is 23.0 Å². The van der Waals surface area contributed by atoms with E-state index in [4.69, 9.17) is 14.5 Å². The number of amides is 1. The van der Waals surface area contributed by atoms with Crippen LogP contribution in [0.5, 0.6) is 11.6 Å². The number of pyridine rings is 1. The normalized spacial score (nSPS) is 27.8. The van der Waals surface area contributed by atoms with Crippen LogP contribution in [0.4, 0.5) is 4.39 Å². The van der Waals surface area contributed by atoms with E-state index in [0.29, 0.717) is 35.4 Å². The highest BCUT2D eigenvalue weighted by atomic mass is 19.1. The van der Waals surface area contributed by atoms with Gasteiger partial charge in [0.15, 0.2) is 12.5 Å². The SMILES string of the molecule is CCC1C(COc2nc(C3CCC3C3CCC3)cc3cc(C=O)c(OC)cc23)NC(=O)C1F.CN. The summed E-state index contributed by atoms with van der Waals surface area (Å²) in [6.45, 7) is 2.02. The molecule has 3 N–H and O–H groups in total. The van der Waals surface area contributed by atoms with Gasteiger partial charge in [0, 0.05) is 22.9 Å². The molecule has 35 heavy (non-hydrogen) atoms. The Morgan fingerprint density at radius 1 is 1.20 bits per heavy atom. The first-order chi connectivity index (χ1) is 17.0. The van der Waals surface area contributed by atoms with Crippen molar-refractivity contribution in [3.8, 4) is 11.6 Å². The van der Waals surface area contributed by atoms with Crippen molar-refractivity contribution in [3.63, 3.8) is 0 Å². The van der Waals surface area contributed by atoms with E-state index < -0.39 is 24.0 Å². The van der Waals surface area contributed by atoms with E-state index in [9.17, 15) is 14.0 Å². The summed E-state index contributed by atoms with van der Waals surface area (Å²) in [7, 11) is 3.02. The Kier molecular flexibility index (Phi) is 7.89. The maximum Gasteiger partial charge on any atom is 0.255 e. The number of hydrogen-bond acceptors (Lipinski definition) is 6. The molecule has 8 heteroatoms. The summed E-state index contributed by atoms with van der Waals surface area (Å²) in [5.41, 5.74) is 5.97. The van der Waals surface area contributed by atoms with E-state index >= 15 is 0 Å². The van der Waals surface area contributed by atoms with Gasteiger partial charge in [0.1, 0.15) is 12.4 Å². The van der Waals surface area contributed by atoms with Gasteiger partial charge < -0.3 is 20.5 Å². The average molecular weight is 486 g/mol. The van der Waals surface area contributed by atoms with E-state index in [0.717, 1.165) is 35.1 Å². The number of fused-ring (bicyclic) bond motifs is 1. The minimum absolute atomic E-state index is 0.144. The standard InChI is InChI=1S/C26H31FN2O4.CH5N/c1-3-17-22(28-25(31)24(17)27)13-33-26-20-11-23(32-2)16(12-30)9-15(20)10-21(29-26)19-8-7-18(19)14-5-4-6-14;1-2/h9-12,14,17-19,22,24H,3-8,13H2,1-2H3,(H,28,31);2H2,1H3. The minimum atomic E-state index is -1.51. The van der Waals surface area contributed by atoms with Crippen LogP contribution in [0.25, 0.3) is 10.8 Å². The number of benzene rings is 1. The van der Waals surface area contributed by atoms with Gasteiger partial charge in [-0.15, -0.1) is 0 Å². The van der Waals surface area contributed by atoms with Gasteiger partial charge in [-0.25, -0.2) is 9.37 Å².